The van der Waals surface area contributed by atoms with E-state index in [1.807, 2.05) is 19.9 Å². The molecule has 9 heteroatoms. The first-order valence-corrected chi connectivity index (χ1v) is 15.5. The summed E-state index contributed by atoms with van der Waals surface area (Å²) in [4.78, 5) is 38.7. The fraction of sp³-hybridized carbons (Fsp3) is 0.514. The lowest BCUT2D eigenvalue weighted by atomic mass is 9.45. The van der Waals surface area contributed by atoms with Crippen LogP contribution in [-0.2, 0) is 40.4 Å². The quantitative estimate of drug-likeness (QED) is 0.291. The van der Waals surface area contributed by atoms with Crippen LogP contribution in [0.1, 0.15) is 75.7 Å². The minimum Gasteiger partial charge on any atom is -0.493 e. The lowest BCUT2D eigenvalue weighted by Crippen LogP contribution is -2.69. The van der Waals surface area contributed by atoms with E-state index in [1.165, 1.54) is 0 Å². The zero-order valence-electron chi connectivity index (χ0n) is 25.7. The Morgan fingerprint density at radius 3 is 2.55 bits per heavy atom. The molecule has 2 bridgehead atoms. The van der Waals surface area contributed by atoms with Gasteiger partial charge < -0.3 is 28.8 Å². The fourth-order valence-corrected chi connectivity index (χ4v) is 7.75. The van der Waals surface area contributed by atoms with Gasteiger partial charge in [0, 0.05) is 11.1 Å². The molecule has 1 aliphatic heterocycles. The second kappa shape index (κ2) is 11.6. The van der Waals surface area contributed by atoms with Crippen LogP contribution in [0.2, 0.25) is 0 Å². The molecule has 1 saturated carbocycles. The van der Waals surface area contributed by atoms with Gasteiger partial charge >= 0.3 is 17.9 Å². The van der Waals surface area contributed by atoms with Crippen molar-refractivity contribution in [2.24, 2.45) is 17.8 Å². The third-order valence-electron chi connectivity index (χ3n) is 9.83. The molecule has 1 N–H and O–H groups in total. The predicted octanol–water partition coefficient (Wildman–Crippen LogP) is 5.12. The molecule has 1 unspecified atom stereocenters. The van der Waals surface area contributed by atoms with Gasteiger partial charge in [0.2, 0.25) is 6.10 Å². The van der Waals surface area contributed by atoms with E-state index in [0.29, 0.717) is 41.6 Å². The predicted molar refractivity (Wildman–Crippen MR) is 159 cm³/mol. The van der Waals surface area contributed by atoms with Crippen LogP contribution >= 0.6 is 0 Å². The summed E-state index contributed by atoms with van der Waals surface area (Å²) < 4.78 is 28.9. The molecule has 0 aromatic heterocycles. The molecule has 1 fully saturated rings. The maximum absolute atomic E-state index is 13.1. The van der Waals surface area contributed by atoms with Crippen molar-refractivity contribution in [1.82, 2.24) is 0 Å². The maximum Gasteiger partial charge on any atom is 0.352 e. The summed E-state index contributed by atoms with van der Waals surface area (Å²) >= 11 is 0. The molecule has 4 aliphatic rings. The van der Waals surface area contributed by atoms with E-state index in [4.69, 9.17) is 23.7 Å². The van der Waals surface area contributed by atoms with Gasteiger partial charge in [0.25, 0.3) is 0 Å². The van der Waals surface area contributed by atoms with Crippen LogP contribution in [0.25, 0.3) is 0 Å². The summed E-state index contributed by atoms with van der Waals surface area (Å²) in [7, 11) is 1.59. The highest BCUT2D eigenvalue weighted by atomic mass is 16.6. The lowest BCUT2D eigenvalue weighted by molar-refractivity contribution is -0.172. The van der Waals surface area contributed by atoms with Crippen molar-refractivity contribution in [2.45, 2.75) is 82.5 Å². The number of aliphatic hydroxyl groups is 1. The van der Waals surface area contributed by atoms with Gasteiger partial charge in [-0.05, 0) is 61.1 Å². The second-order valence-corrected chi connectivity index (χ2v) is 12.9. The Morgan fingerprint density at radius 2 is 1.82 bits per heavy atom. The van der Waals surface area contributed by atoms with Crippen molar-refractivity contribution < 1.29 is 43.2 Å². The van der Waals surface area contributed by atoms with Gasteiger partial charge in [0.1, 0.15) is 5.76 Å². The van der Waals surface area contributed by atoms with Crippen LogP contribution < -0.4 is 9.47 Å². The van der Waals surface area contributed by atoms with Crippen molar-refractivity contribution in [1.29, 1.82) is 0 Å². The van der Waals surface area contributed by atoms with Gasteiger partial charge in [-0.25, -0.2) is 4.79 Å². The van der Waals surface area contributed by atoms with Crippen molar-refractivity contribution in [3.63, 3.8) is 0 Å². The van der Waals surface area contributed by atoms with Crippen molar-refractivity contribution in [3.05, 3.63) is 71.0 Å². The maximum atomic E-state index is 13.1. The summed E-state index contributed by atoms with van der Waals surface area (Å²) in [5.41, 5.74) is 0.783. The van der Waals surface area contributed by atoms with Gasteiger partial charge in [-0.15, -0.1) is 0 Å². The van der Waals surface area contributed by atoms with Gasteiger partial charge in [-0.2, -0.15) is 0 Å². The van der Waals surface area contributed by atoms with Gasteiger partial charge in [-0.1, -0.05) is 57.2 Å². The lowest BCUT2D eigenvalue weighted by Gasteiger charge is -2.61. The van der Waals surface area contributed by atoms with Crippen LogP contribution in [0.4, 0.5) is 0 Å². The summed E-state index contributed by atoms with van der Waals surface area (Å²) in [6, 6.07) is 12.6. The number of carbonyl (C=O) groups excluding carboxylic acids is 3. The Kier molecular flexibility index (Phi) is 7.94. The Labute approximate surface area is 257 Å². The zero-order chi connectivity index (χ0) is 31.2. The number of hydrogen-bond donors (Lipinski definition) is 1. The average molecular weight is 605 g/mol. The van der Waals surface area contributed by atoms with E-state index in [2.05, 4.69) is 13.0 Å². The first kappa shape index (κ1) is 30.2. The number of carbonyl (C=O) groups is 3. The third-order valence-corrected chi connectivity index (χ3v) is 9.83. The Hall–Kier alpha value is -3.85. The molecule has 3 aliphatic carbocycles. The fourth-order valence-electron chi connectivity index (χ4n) is 7.75. The van der Waals surface area contributed by atoms with E-state index < -0.39 is 41.1 Å². The van der Waals surface area contributed by atoms with Gasteiger partial charge in [0.05, 0.1) is 37.6 Å². The molecule has 0 radical (unpaired) electrons. The number of ether oxygens (including phenoxy) is 5. The molecule has 9 nitrogen and oxygen atoms in total. The SMILES string of the molecule is COc1ccc2c3c1O[C@H]1C(OC(=O)CCC(=O)O[C@H](C(=O)OCC(C)C)c4ccccc4)=CC[C@@]4(O)[C@@H](C2)C(C)CC[C@]314. The summed E-state index contributed by atoms with van der Waals surface area (Å²) in [5, 5.41) is 12.4. The molecule has 6 atom stereocenters. The first-order chi connectivity index (χ1) is 21.1. The number of hydrogen-bond acceptors (Lipinski definition) is 9. The summed E-state index contributed by atoms with van der Waals surface area (Å²) in [6.07, 6.45) is 1.97. The van der Waals surface area contributed by atoms with Crippen molar-refractivity contribution >= 4 is 17.9 Å². The highest BCUT2D eigenvalue weighted by Gasteiger charge is 2.72. The molecule has 2 aromatic carbocycles. The summed E-state index contributed by atoms with van der Waals surface area (Å²) in [6.45, 7) is 6.21. The van der Waals surface area contributed by atoms with Gasteiger partial charge in [0.15, 0.2) is 17.6 Å². The normalized spacial score (nSPS) is 28.2. The molecule has 2 aromatic rings. The topological polar surface area (TPSA) is 118 Å². The van der Waals surface area contributed by atoms with Crippen LogP contribution in [0, 0.1) is 17.8 Å². The smallest absolute Gasteiger partial charge is 0.352 e. The van der Waals surface area contributed by atoms with Crippen LogP contribution in [0.5, 0.6) is 11.5 Å². The monoisotopic (exact) mass is 604 g/mol. The number of methoxy groups -OCH3 is 1. The van der Waals surface area contributed by atoms with E-state index in [-0.39, 0.29) is 31.3 Å². The van der Waals surface area contributed by atoms with E-state index in [1.54, 1.807) is 43.5 Å². The Morgan fingerprint density at radius 1 is 1.07 bits per heavy atom. The molecular weight excluding hydrogens is 564 g/mol. The Bertz CT molecular complexity index is 1480. The molecule has 0 saturated heterocycles. The van der Waals surface area contributed by atoms with Crippen LogP contribution in [-0.4, -0.2) is 48.4 Å². The number of rotatable bonds is 10. The van der Waals surface area contributed by atoms with E-state index >= 15 is 0 Å². The highest BCUT2D eigenvalue weighted by Crippen LogP contribution is 2.68. The molecule has 1 heterocycles. The highest BCUT2D eigenvalue weighted by molar-refractivity contribution is 5.83. The molecule has 1 spiro atoms. The van der Waals surface area contributed by atoms with Crippen molar-refractivity contribution in [2.75, 3.05) is 13.7 Å². The van der Waals surface area contributed by atoms with E-state index in [0.717, 1.165) is 24.0 Å². The largest absolute Gasteiger partial charge is 0.493 e. The van der Waals surface area contributed by atoms with Crippen LogP contribution in [0.15, 0.2) is 54.3 Å². The third kappa shape index (κ3) is 4.85. The second-order valence-electron chi connectivity index (χ2n) is 12.9. The Balaban J connectivity index is 1.17. The minimum absolute atomic E-state index is 0.0438. The first-order valence-electron chi connectivity index (χ1n) is 15.5. The summed E-state index contributed by atoms with van der Waals surface area (Å²) in [5.74, 6) is -0.00212. The molecule has 44 heavy (non-hydrogen) atoms. The average Bonchev–Trinajstić information content (AvgIpc) is 3.37. The van der Waals surface area contributed by atoms with Gasteiger partial charge in [-0.3, -0.25) is 9.59 Å². The molecule has 0 amide bonds. The minimum atomic E-state index is -1.24. The van der Waals surface area contributed by atoms with E-state index in [9.17, 15) is 19.5 Å². The standard InChI is InChI=1S/C35H40O9/c1-20(2)19-41-33(38)30(22-8-6-5-7-9-22)43-28(37)13-12-27(36)42-26-15-17-35(39)24-18-23-10-11-25(40-4)31-29(23)34(35,32(26)44-31)16-14-21(24)3/h5-11,15,20-21,24,30,32,39H,12-14,16-19H2,1-4H3/t21?,24-,30-,32-,34-,35+/m0/s1. The zero-order valence-corrected chi connectivity index (χ0v) is 25.7. The number of benzene rings is 2. The number of esters is 3. The molecule has 234 valence electrons. The van der Waals surface area contributed by atoms with Crippen molar-refractivity contribution in [3.8, 4) is 11.5 Å². The molecular formula is C35H40O9. The molecule has 6 rings (SSSR count). The van der Waals surface area contributed by atoms with Crippen LogP contribution in [0.3, 0.4) is 0 Å².